The van der Waals surface area contributed by atoms with E-state index in [0.717, 1.165) is 24.8 Å². The van der Waals surface area contributed by atoms with Crippen molar-refractivity contribution in [1.29, 1.82) is 0 Å². The van der Waals surface area contributed by atoms with Crippen LogP contribution < -0.4 is 0 Å². The first-order valence-electron chi connectivity index (χ1n) is 8.10. The van der Waals surface area contributed by atoms with Crippen LogP contribution in [0, 0.1) is 16.0 Å². The first-order chi connectivity index (χ1) is 11.0. The molecule has 0 N–H and O–H groups in total. The Morgan fingerprint density at radius 1 is 1.22 bits per heavy atom. The first kappa shape index (κ1) is 15.6. The Morgan fingerprint density at radius 2 is 1.87 bits per heavy atom. The van der Waals surface area contributed by atoms with Gasteiger partial charge in [0.05, 0.1) is 10.3 Å². The number of imide groups is 1. The number of carbonyl (C=O) groups is 2. The van der Waals surface area contributed by atoms with Crippen LogP contribution >= 0.6 is 0 Å². The second kappa shape index (κ2) is 5.76. The quantitative estimate of drug-likeness (QED) is 0.350. The predicted molar refractivity (Wildman–Crippen MR) is 83.7 cm³/mol. The molecule has 2 heterocycles. The van der Waals surface area contributed by atoms with Gasteiger partial charge < -0.3 is 0 Å². The molecule has 2 bridgehead atoms. The van der Waals surface area contributed by atoms with Gasteiger partial charge in [0.2, 0.25) is 11.8 Å². The minimum Gasteiger partial charge on any atom is -0.282 e. The molecule has 122 valence electrons. The first-order valence-corrected chi connectivity index (χ1v) is 8.10. The van der Waals surface area contributed by atoms with E-state index in [1.807, 2.05) is 0 Å². The van der Waals surface area contributed by atoms with E-state index in [9.17, 15) is 19.7 Å². The highest BCUT2D eigenvalue weighted by atomic mass is 16.6. The Bertz CT molecular complexity index is 647. The number of nitro groups is 1. The highest BCUT2D eigenvalue weighted by molar-refractivity contribution is 6.07. The van der Waals surface area contributed by atoms with Gasteiger partial charge in [-0.1, -0.05) is 31.9 Å². The Morgan fingerprint density at radius 3 is 2.43 bits per heavy atom. The normalized spacial score (nSPS) is 26.1. The monoisotopic (exact) mass is 316 g/mol. The molecule has 1 aliphatic carbocycles. The third kappa shape index (κ3) is 2.42. The SMILES string of the molecule is CCCCCN1C(=O)C2CC(c3ccc([N+](=O)[O-])cc3)(C2)C1=O. The van der Waals surface area contributed by atoms with E-state index in [4.69, 9.17) is 0 Å². The number of carbonyl (C=O) groups excluding carboxylic acids is 2. The molecule has 3 fully saturated rings. The average molecular weight is 316 g/mol. The third-order valence-corrected chi connectivity index (χ3v) is 5.08. The molecular formula is C17H20N2O4. The Labute approximate surface area is 134 Å². The molecule has 0 spiro atoms. The molecule has 6 nitrogen and oxygen atoms in total. The molecule has 0 atom stereocenters. The number of non-ortho nitro benzene ring substituents is 1. The zero-order chi connectivity index (χ0) is 16.6. The number of unbranched alkanes of at least 4 members (excludes halogenated alkanes) is 2. The van der Waals surface area contributed by atoms with Gasteiger partial charge in [0.1, 0.15) is 0 Å². The van der Waals surface area contributed by atoms with Gasteiger partial charge in [-0.3, -0.25) is 24.6 Å². The van der Waals surface area contributed by atoms with E-state index in [-0.39, 0.29) is 23.4 Å². The van der Waals surface area contributed by atoms with E-state index in [0.29, 0.717) is 19.4 Å². The van der Waals surface area contributed by atoms with Gasteiger partial charge in [-0.2, -0.15) is 0 Å². The van der Waals surface area contributed by atoms with Crippen molar-refractivity contribution in [2.45, 2.75) is 44.4 Å². The minimum absolute atomic E-state index is 0.0140. The lowest BCUT2D eigenvalue weighted by atomic mass is 9.55. The molecule has 2 aliphatic heterocycles. The molecule has 1 saturated carbocycles. The van der Waals surface area contributed by atoms with Crippen molar-refractivity contribution < 1.29 is 14.5 Å². The smallest absolute Gasteiger partial charge is 0.269 e. The van der Waals surface area contributed by atoms with Gasteiger partial charge in [0.25, 0.3) is 5.69 Å². The molecule has 4 rings (SSSR count). The number of hydrogen-bond donors (Lipinski definition) is 0. The van der Waals surface area contributed by atoms with Crippen LogP contribution in [-0.2, 0) is 15.0 Å². The highest BCUT2D eigenvalue weighted by Crippen LogP contribution is 2.53. The lowest BCUT2D eigenvalue weighted by Gasteiger charge is -2.53. The summed E-state index contributed by atoms with van der Waals surface area (Å²) in [7, 11) is 0. The van der Waals surface area contributed by atoms with Crippen LogP contribution in [0.3, 0.4) is 0 Å². The number of hydrogen-bond acceptors (Lipinski definition) is 4. The maximum absolute atomic E-state index is 12.9. The summed E-state index contributed by atoms with van der Waals surface area (Å²) in [6.45, 7) is 2.56. The van der Waals surface area contributed by atoms with Gasteiger partial charge in [-0.15, -0.1) is 0 Å². The number of piperidine rings is 2. The summed E-state index contributed by atoms with van der Waals surface area (Å²) in [5.41, 5.74) is 0.150. The van der Waals surface area contributed by atoms with E-state index in [2.05, 4.69) is 6.92 Å². The molecule has 6 heteroatoms. The van der Waals surface area contributed by atoms with Gasteiger partial charge in [-0.05, 0) is 24.8 Å². The van der Waals surface area contributed by atoms with Gasteiger partial charge in [0.15, 0.2) is 0 Å². The zero-order valence-corrected chi connectivity index (χ0v) is 13.2. The number of benzene rings is 1. The lowest BCUT2D eigenvalue weighted by Crippen LogP contribution is -2.65. The van der Waals surface area contributed by atoms with Crippen LogP contribution in [0.4, 0.5) is 5.69 Å². The summed E-state index contributed by atoms with van der Waals surface area (Å²) in [6.07, 6.45) is 3.93. The van der Waals surface area contributed by atoms with Crippen LogP contribution in [0.25, 0.3) is 0 Å². The van der Waals surface area contributed by atoms with Gasteiger partial charge >= 0.3 is 0 Å². The maximum Gasteiger partial charge on any atom is 0.269 e. The average Bonchev–Trinajstić information content (AvgIpc) is 2.49. The van der Waals surface area contributed by atoms with Crippen molar-refractivity contribution in [2.24, 2.45) is 5.92 Å². The topological polar surface area (TPSA) is 80.5 Å². The fraction of sp³-hybridized carbons (Fsp3) is 0.529. The molecule has 2 saturated heterocycles. The van der Waals surface area contributed by atoms with Crippen molar-refractivity contribution >= 4 is 17.5 Å². The molecule has 1 aromatic carbocycles. The van der Waals surface area contributed by atoms with Crippen molar-refractivity contribution in [3.8, 4) is 0 Å². The molecule has 2 amide bonds. The second-order valence-electron chi connectivity index (χ2n) is 6.49. The molecular weight excluding hydrogens is 296 g/mol. The predicted octanol–water partition coefficient (Wildman–Crippen LogP) is 2.80. The van der Waals surface area contributed by atoms with Crippen molar-refractivity contribution in [1.82, 2.24) is 4.90 Å². The van der Waals surface area contributed by atoms with Crippen molar-refractivity contribution in [2.75, 3.05) is 6.54 Å². The standard InChI is InChI=1S/C17H20N2O4/c1-2-3-4-9-18-15(20)12-10-17(11-12,16(18)21)13-5-7-14(8-6-13)19(22)23/h5-8,12H,2-4,9-11H2,1H3. The molecule has 0 radical (unpaired) electrons. The van der Waals surface area contributed by atoms with Gasteiger partial charge in [0, 0.05) is 24.6 Å². The Hall–Kier alpha value is -2.24. The second-order valence-corrected chi connectivity index (χ2v) is 6.49. The Kier molecular flexibility index (Phi) is 3.92. The number of nitro benzene ring substituents is 1. The lowest BCUT2D eigenvalue weighted by molar-refractivity contribution is -0.384. The zero-order valence-electron chi connectivity index (χ0n) is 13.2. The fourth-order valence-electron chi connectivity index (χ4n) is 3.70. The number of amides is 2. The van der Waals surface area contributed by atoms with Crippen LogP contribution in [-0.4, -0.2) is 28.2 Å². The molecule has 0 aromatic heterocycles. The molecule has 0 unspecified atom stereocenters. The van der Waals surface area contributed by atoms with E-state index in [1.54, 1.807) is 12.1 Å². The summed E-state index contributed by atoms with van der Waals surface area (Å²) in [5, 5.41) is 10.8. The summed E-state index contributed by atoms with van der Waals surface area (Å²) in [5.74, 6) is -0.255. The largest absolute Gasteiger partial charge is 0.282 e. The van der Waals surface area contributed by atoms with Crippen LogP contribution in [0.15, 0.2) is 24.3 Å². The van der Waals surface area contributed by atoms with Crippen molar-refractivity contribution in [3.63, 3.8) is 0 Å². The summed E-state index contributed by atoms with van der Waals surface area (Å²) in [6, 6.07) is 6.18. The molecule has 23 heavy (non-hydrogen) atoms. The van der Waals surface area contributed by atoms with Gasteiger partial charge in [-0.25, -0.2) is 0 Å². The number of fused-ring (bicyclic) bond motifs is 2. The van der Waals surface area contributed by atoms with E-state index < -0.39 is 10.3 Å². The summed E-state index contributed by atoms with van der Waals surface area (Å²) >= 11 is 0. The van der Waals surface area contributed by atoms with E-state index >= 15 is 0 Å². The number of nitrogens with zero attached hydrogens (tertiary/aromatic N) is 2. The van der Waals surface area contributed by atoms with Crippen LogP contribution in [0.1, 0.15) is 44.6 Å². The maximum atomic E-state index is 12.9. The fourth-order valence-corrected chi connectivity index (χ4v) is 3.70. The van der Waals surface area contributed by atoms with Crippen LogP contribution in [0.2, 0.25) is 0 Å². The number of rotatable bonds is 6. The third-order valence-electron chi connectivity index (χ3n) is 5.08. The molecule has 1 aromatic rings. The molecule has 3 aliphatic rings. The Balaban J connectivity index is 1.83. The van der Waals surface area contributed by atoms with Crippen LogP contribution in [0.5, 0.6) is 0 Å². The summed E-state index contributed by atoms with van der Waals surface area (Å²) in [4.78, 5) is 36.9. The minimum atomic E-state index is -0.653. The summed E-state index contributed by atoms with van der Waals surface area (Å²) < 4.78 is 0. The van der Waals surface area contributed by atoms with E-state index in [1.165, 1.54) is 17.0 Å². The highest BCUT2D eigenvalue weighted by Gasteiger charge is 2.61. The van der Waals surface area contributed by atoms with Crippen molar-refractivity contribution in [3.05, 3.63) is 39.9 Å².